The van der Waals surface area contributed by atoms with Gasteiger partial charge in [0.25, 0.3) is 0 Å². The molecule has 0 aromatic carbocycles. The first-order valence-corrected chi connectivity index (χ1v) is 5.28. The van der Waals surface area contributed by atoms with Crippen LogP contribution in [-0.4, -0.2) is 24.6 Å². The van der Waals surface area contributed by atoms with Crippen LogP contribution in [0.25, 0.3) is 0 Å². The molecular formula is C11H20O4. The van der Waals surface area contributed by atoms with Gasteiger partial charge in [-0.2, -0.15) is 0 Å². The van der Waals surface area contributed by atoms with E-state index in [0.29, 0.717) is 18.9 Å². The molecule has 88 valence electrons. The van der Waals surface area contributed by atoms with E-state index >= 15 is 0 Å². The van der Waals surface area contributed by atoms with Gasteiger partial charge < -0.3 is 9.47 Å². The first-order valence-electron chi connectivity index (χ1n) is 5.28. The average Bonchev–Trinajstić information content (AvgIpc) is 2.00. The Balaban J connectivity index is 4.11. The minimum absolute atomic E-state index is 0.144. The number of hydrogen-bond acceptors (Lipinski definition) is 4. The molecule has 0 aliphatic rings. The summed E-state index contributed by atoms with van der Waals surface area (Å²) in [7, 11) is 0. The van der Waals surface area contributed by atoms with Gasteiger partial charge in [0.05, 0.1) is 13.0 Å². The molecule has 0 heterocycles. The van der Waals surface area contributed by atoms with Crippen LogP contribution in [0.3, 0.4) is 0 Å². The molecule has 0 aliphatic heterocycles. The Morgan fingerprint density at radius 3 is 2.27 bits per heavy atom. The third-order valence-electron chi connectivity index (χ3n) is 1.77. The zero-order chi connectivity index (χ0) is 11.8. The Hall–Kier alpha value is -1.06. The van der Waals surface area contributed by atoms with Crippen LogP contribution in [0, 0.1) is 5.92 Å². The Kier molecular flexibility index (Phi) is 6.75. The summed E-state index contributed by atoms with van der Waals surface area (Å²) in [4.78, 5) is 22.0. The van der Waals surface area contributed by atoms with Gasteiger partial charge in [-0.25, -0.2) is 0 Å². The number of hydrogen-bond donors (Lipinski definition) is 0. The highest BCUT2D eigenvalue weighted by molar-refractivity contribution is 5.71. The van der Waals surface area contributed by atoms with Crippen LogP contribution >= 0.6 is 0 Å². The molecule has 0 spiro atoms. The zero-order valence-electron chi connectivity index (χ0n) is 9.91. The van der Waals surface area contributed by atoms with Gasteiger partial charge in [0.2, 0.25) is 0 Å². The fourth-order valence-corrected chi connectivity index (χ4v) is 1.34. The Morgan fingerprint density at radius 2 is 1.87 bits per heavy atom. The molecule has 0 radical (unpaired) electrons. The largest absolute Gasteiger partial charge is 0.466 e. The second-order valence-corrected chi connectivity index (χ2v) is 3.87. The lowest BCUT2D eigenvalue weighted by Crippen LogP contribution is -2.23. The molecule has 0 amide bonds. The molecule has 0 bridgehead atoms. The van der Waals surface area contributed by atoms with Gasteiger partial charge in [0, 0.05) is 6.92 Å². The molecule has 0 aliphatic carbocycles. The van der Waals surface area contributed by atoms with E-state index in [1.165, 1.54) is 6.92 Å². The summed E-state index contributed by atoms with van der Waals surface area (Å²) in [5.41, 5.74) is 0. The minimum Gasteiger partial charge on any atom is -0.466 e. The maximum Gasteiger partial charge on any atom is 0.309 e. The Morgan fingerprint density at radius 1 is 1.27 bits per heavy atom. The van der Waals surface area contributed by atoms with Crippen molar-refractivity contribution >= 4 is 11.9 Å². The molecule has 0 fully saturated rings. The van der Waals surface area contributed by atoms with Crippen molar-refractivity contribution < 1.29 is 19.1 Å². The van der Waals surface area contributed by atoms with Gasteiger partial charge in [0.1, 0.15) is 6.10 Å². The molecule has 0 aromatic heterocycles. The zero-order valence-corrected chi connectivity index (χ0v) is 9.91. The molecule has 0 saturated heterocycles. The van der Waals surface area contributed by atoms with Crippen molar-refractivity contribution in [2.45, 2.75) is 46.6 Å². The summed E-state index contributed by atoms with van der Waals surface area (Å²) in [6, 6.07) is 0. The molecule has 4 heteroatoms. The van der Waals surface area contributed by atoms with Crippen LogP contribution in [0.5, 0.6) is 0 Å². The monoisotopic (exact) mass is 216 g/mol. The number of esters is 2. The lowest BCUT2D eigenvalue weighted by Gasteiger charge is -2.17. The lowest BCUT2D eigenvalue weighted by atomic mass is 10.0. The van der Waals surface area contributed by atoms with Crippen LogP contribution in [-0.2, 0) is 19.1 Å². The maximum absolute atomic E-state index is 11.2. The first-order chi connectivity index (χ1) is 6.95. The van der Waals surface area contributed by atoms with E-state index in [1.54, 1.807) is 6.92 Å². The van der Waals surface area contributed by atoms with Crippen molar-refractivity contribution in [1.29, 1.82) is 0 Å². The molecular weight excluding hydrogens is 196 g/mol. The SMILES string of the molecule is CCOC(=O)CC(CC(C)C)OC(C)=O. The molecule has 4 nitrogen and oxygen atoms in total. The molecule has 0 N–H and O–H groups in total. The fraction of sp³-hybridized carbons (Fsp3) is 0.818. The summed E-state index contributed by atoms with van der Waals surface area (Å²) in [5, 5.41) is 0. The smallest absolute Gasteiger partial charge is 0.309 e. The highest BCUT2D eigenvalue weighted by Crippen LogP contribution is 2.12. The van der Waals surface area contributed by atoms with E-state index < -0.39 is 0 Å². The fourth-order valence-electron chi connectivity index (χ4n) is 1.34. The molecule has 1 unspecified atom stereocenters. The van der Waals surface area contributed by atoms with Gasteiger partial charge in [-0.05, 0) is 19.3 Å². The van der Waals surface area contributed by atoms with E-state index in [2.05, 4.69) is 0 Å². The predicted molar refractivity (Wildman–Crippen MR) is 56.3 cm³/mol. The third kappa shape index (κ3) is 7.97. The van der Waals surface area contributed by atoms with E-state index in [9.17, 15) is 9.59 Å². The van der Waals surface area contributed by atoms with Crippen molar-refractivity contribution in [3.63, 3.8) is 0 Å². The Bertz CT molecular complexity index is 211. The van der Waals surface area contributed by atoms with Gasteiger partial charge >= 0.3 is 11.9 Å². The van der Waals surface area contributed by atoms with E-state index in [-0.39, 0.29) is 24.5 Å². The van der Waals surface area contributed by atoms with E-state index in [1.807, 2.05) is 13.8 Å². The average molecular weight is 216 g/mol. The second-order valence-electron chi connectivity index (χ2n) is 3.87. The van der Waals surface area contributed by atoms with Crippen LogP contribution < -0.4 is 0 Å². The third-order valence-corrected chi connectivity index (χ3v) is 1.77. The van der Waals surface area contributed by atoms with Gasteiger partial charge in [-0.3, -0.25) is 9.59 Å². The maximum atomic E-state index is 11.2. The summed E-state index contributed by atoms with van der Waals surface area (Å²) >= 11 is 0. The highest BCUT2D eigenvalue weighted by Gasteiger charge is 2.18. The molecule has 0 rings (SSSR count). The normalized spacial score (nSPS) is 12.3. The summed E-state index contributed by atoms with van der Waals surface area (Å²) in [5.74, 6) is -0.293. The number of carbonyl (C=O) groups is 2. The van der Waals surface area contributed by atoms with Crippen LogP contribution in [0.2, 0.25) is 0 Å². The lowest BCUT2D eigenvalue weighted by molar-refractivity contribution is -0.153. The van der Waals surface area contributed by atoms with Gasteiger partial charge in [-0.1, -0.05) is 13.8 Å². The van der Waals surface area contributed by atoms with Crippen molar-refractivity contribution in [2.24, 2.45) is 5.92 Å². The number of rotatable bonds is 6. The van der Waals surface area contributed by atoms with Crippen molar-refractivity contribution in [3.8, 4) is 0 Å². The number of ether oxygens (including phenoxy) is 2. The summed E-state index contributed by atoms with van der Waals surface area (Å²) in [6.07, 6.45) is 0.464. The Labute approximate surface area is 90.9 Å². The molecule has 1 atom stereocenters. The van der Waals surface area contributed by atoms with Crippen LogP contribution in [0.1, 0.15) is 40.5 Å². The molecule has 0 saturated carbocycles. The highest BCUT2D eigenvalue weighted by atomic mass is 16.6. The second kappa shape index (κ2) is 7.26. The minimum atomic E-state index is -0.360. The van der Waals surface area contributed by atoms with Crippen molar-refractivity contribution in [2.75, 3.05) is 6.61 Å². The molecule has 15 heavy (non-hydrogen) atoms. The number of carbonyl (C=O) groups excluding carboxylic acids is 2. The van der Waals surface area contributed by atoms with Crippen molar-refractivity contribution in [1.82, 2.24) is 0 Å². The van der Waals surface area contributed by atoms with E-state index in [4.69, 9.17) is 9.47 Å². The van der Waals surface area contributed by atoms with E-state index in [0.717, 1.165) is 0 Å². The van der Waals surface area contributed by atoms with Crippen LogP contribution in [0.15, 0.2) is 0 Å². The summed E-state index contributed by atoms with van der Waals surface area (Å²) in [6.45, 7) is 7.48. The quantitative estimate of drug-likeness (QED) is 0.636. The van der Waals surface area contributed by atoms with Gasteiger partial charge in [-0.15, -0.1) is 0 Å². The van der Waals surface area contributed by atoms with Gasteiger partial charge in [0.15, 0.2) is 0 Å². The predicted octanol–water partition coefficient (Wildman–Crippen LogP) is 1.92. The topological polar surface area (TPSA) is 52.6 Å². The van der Waals surface area contributed by atoms with Crippen LogP contribution in [0.4, 0.5) is 0 Å². The standard InChI is InChI=1S/C11H20O4/c1-5-14-11(13)7-10(6-8(2)3)15-9(4)12/h8,10H,5-7H2,1-4H3. The first kappa shape index (κ1) is 13.9. The van der Waals surface area contributed by atoms with Crippen molar-refractivity contribution in [3.05, 3.63) is 0 Å². The molecule has 0 aromatic rings. The summed E-state index contributed by atoms with van der Waals surface area (Å²) < 4.78 is 9.84.